The molecule has 2 aromatic heterocycles. The van der Waals surface area contributed by atoms with Gasteiger partial charge in [0.2, 0.25) is 5.91 Å². The lowest BCUT2D eigenvalue weighted by Gasteiger charge is -2.38. The number of rotatable bonds is 5. The number of likely N-dealkylation sites (N-methyl/N-ethyl adjacent to an activating group) is 1. The first-order valence-corrected chi connectivity index (χ1v) is 15.8. The first kappa shape index (κ1) is 33.6. The van der Waals surface area contributed by atoms with Crippen LogP contribution >= 0.6 is 46.4 Å². The lowest BCUT2D eigenvalue weighted by Crippen LogP contribution is -2.49. The number of hydrogen-bond acceptors (Lipinski definition) is 7. The van der Waals surface area contributed by atoms with E-state index in [2.05, 4.69) is 12.6 Å². The van der Waals surface area contributed by atoms with Gasteiger partial charge >= 0.3 is 0 Å². The molecule has 5 rings (SSSR count). The molecule has 2 N–H and O–H groups in total. The van der Waals surface area contributed by atoms with Crippen LogP contribution in [0, 0.1) is 23.1 Å². The van der Waals surface area contributed by atoms with Crippen LogP contribution in [0.4, 0.5) is 15.8 Å². The van der Waals surface area contributed by atoms with Crippen LogP contribution in [-0.2, 0) is 4.79 Å². The molecule has 46 heavy (non-hydrogen) atoms. The van der Waals surface area contributed by atoms with Crippen LogP contribution in [0.2, 0.25) is 20.1 Å². The largest absolute Gasteiger partial charge is 0.395 e. The third-order valence-corrected chi connectivity index (χ3v) is 9.87. The Bertz CT molecular complexity index is 1950. The van der Waals surface area contributed by atoms with Gasteiger partial charge in [-0.25, -0.2) is 9.37 Å². The van der Waals surface area contributed by atoms with Gasteiger partial charge in [0, 0.05) is 44.2 Å². The highest BCUT2D eigenvalue weighted by Crippen LogP contribution is 2.47. The SMILES string of the molecule is C=CC(=O)N1CCN(c2c(C#N)c(=O)n(C3=C(C)C=CN(C)C3C(C)C)c3nc(-c4c(Cl)c(N)c(F)c(Cl)c4Cl)c(Cl)cc23)CC1. The maximum atomic E-state index is 14.7. The fraction of sp³-hybridized carbons (Fsp3) is 0.312. The van der Waals surface area contributed by atoms with Crippen LogP contribution in [-0.4, -0.2) is 64.5 Å². The monoisotopic (exact) mass is 703 g/mol. The van der Waals surface area contributed by atoms with E-state index in [0.717, 1.165) is 5.57 Å². The van der Waals surface area contributed by atoms with Gasteiger partial charge in [-0.05, 0) is 42.8 Å². The molecule has 1 amide bonds. The molecule has 2 aliphatic heterocycles. The number of pyridine rings is 2. The smallest absolute Gasteiger partial charge is 0.276 e. The maximum Gasteiger partial charge on any atom is 0.276 e. The zero-order valence-electron chi connectivity index (χ0n) is 25.5. The van der Waals surface area contributed by atoms with E-state index in [0.29, 0.717) is 42.9 Å². The van der Waals surface area contributed by atoms with E-state index < -0.39 is 22.1 Å². The Hall–Kier alpha value is -3.75. The molecule has 0 spiro atoms. The highest BCUT2D eigenvalue weighted by atomic mass is 35.5. The number of nitrogen functional groups attached to an aromatic ring is 1. The summed E-state index contributed by atoms with van der Waals surface area (Å²) in [4.78, 5) is 37.3. The average molecular weight is 705 g/mol. The predicted octanol–water partition coefficient (Wildman–Crippen LogP) is 6.82. The second kappa shape index (κ2) is 12.8. The molecule has 1 unspecified atom stereocenters. The van der Waals surface area contributed by atoms with Crippen molar-refractivity contribution < 1.29 is 9.18 Å². The van der Waals surface area contributed by atoms with E-state index in [1.54, 1.807) is 11.0 Å². The Morgan fingerprint density at radius 2 is 1.83 bits per heavy atom. The molecule has 1 fully saturated rings. The first-order chi connectivity index (χ1) is 21.7. The van der Waals surface area contributed by atoms with Crippen molar-refractivity contribution in [1.29, 1.82) is 5.26 Å². The molecule has 1 atom stereocenters. The van der Waals surface area contributed by atoms with E-state index in [4.69, 9.17) is 57.1 Å². The van der Waals surface area contributed by atoms with Crippen LogP contribution in [0.3, 0.4) is 0 Å². The van der Waals surface area contributed by atoms with Crippen LogP contribution in [0.1, 0.15) is 26.3 Å². The molecule has 14 heteroatoms. The number of nitriles is 1. The Morgan fingerprint density at radius 3 is 2.41 bits per heavy atom. The summed E-state index contributed by atoms with van der Waals surface area (Å²) in [6, 6.07) is 3.44. The summed E-state index contributed by atoms with van der Waals surface area (Å²) in [6.45, 7) is 10.8. The predicted molar refractivity (Wildman–Crippen MR) is 184 cm³/mol. The fourth-order valence-electron chi connectivity index (χ4n) is 6.16. The number of halogens is 5. The molecule has 0 saturated carbocycles. The van der Waals surface area contributed by atoms with Gasteiger partial charge in [0.15, 0.2) is 5.82 Å². The van der Waals surface area contributed by atoms with E-state index >= 15 is 0 Å². The van der Waals surface area contributed by atoms with Crippen molar-refractivity contribution in [2.24, 2.45) is 5.92 Å². The van der Waals surface area contributed by atoms with Crippen molar-refractivity contribution in [2.75, 3.05) is 43.9 Å². The number of aromatic nitrogens is 2. The number of benzene rings is 1. The molecule has 3 aromatic rings. The van der Waals surface area contributed by atoms with Gasteiger partial charge in [0.05, 0.1) is 48.9 Å². The van der Waals surface area contributed by atoms with Gasteiger partial charge < -0.3 is 20.4 Å². The average Bonchev–Trinajstić information content (AvgIpc) is 3.03. The number of carbonyl (C=O) groups excluding carboxylic acids is 1. The van der Waals surface area contributed by atoms with Crippen LogP contribution < -0.4 is 16.2 Å². The summed E-state index contributed by atoms with van der Waals surface area (Å²) in [5.74, 6) is -1.16. The van der Waals surface area contributed by atoms with Gasteiger partial charge in [-0.15, -0.1) is 0 Å². The lowest BCUT2D eigenvalue weighted by molar-refractivity contribution is -0.126. The lowest BCUT2D eigenvalue weighted by atomic mass is 9.93. The molecule has 0 radical (unpaired) electrons. The van der Waals surface area contributed by atoms with Gasteiger partial charge in [-0.1, -0.05) is 66.8 Å². The first-order valence-electron chi connectivity index (χ1n) is 14.3. The second-order valence-electron chi connectivity index (χ2n) is 11.5. The van der Waals surface area contributed by atoms with E-state index in [1.807, 2.05) is 49.9 Å². The Balaban J connectivity index is 1.91. The summed E-state index contributed by atoms with van der Waals surface area (Å²) in [6.07, 6.45) is 5.06. The molecule has 0 aliphatic carbocycles. The van der Waals surface area contributed by atoms with Crippen molar-refractivity contribution in [2.45, 2.75) is 26.8 Å². The zero-order chi connectivity index (χ0) is 33.8. The molecule has 9 nitrogen and oxygen atoms in total. The minimum absolute atomic E-state index is 0.00707. The highest BCUT2D eigenvalue weighted by Gasteiger charge is 2.34. The van der Waals surface area contributed by atoms with E-state index in [9.17, 15) is 19.2 Å². The van der Waals surface area contributed by atoms with Crippen LogP contribution in [0.15, 0.2) is 41.4 Å². The van der Waals surface area contributed by atoms with Gasteiger partial charge in [0.25, 0.3) is 5.56 Å². The van der Waals surface area contributed by atoms with Gasteiger partial charge in [-0.3, -0.25) is 14.2 Å². The number of nitrogens with zero attached hydrogens (tertiary/aromatic N) is 6. The molecular weight excluding hydrogens is 675 g/mol. The summed E-state index contributed by atoms with van der Waals surface area (Å²) < 4.78 is 16.1. The number of fused-ring (bicyclic) bond motifs is 1. The molecule has 1 aromatic carbocycles. The number of carbonyl (C=O) groups is 1. The third kappa shape index (κ3) is 5.39. The Kier molecular flexibility index (Phi) is 9.35. The molecule has 2 aliphatic rings. The van der Waals surface area contributed by atoms with Crippen molar-refractivity contribution in [3.63, 3.8) is 0 Å². The molecule has 240 valence electrons. The minimum atomic E-state index is -0.984. The number of amides is 1. The molecule has 4 heterocycles. The Labute approximate surface area is 285 Å². The second-order valence-corrected chi connectivity index (χ2v) is 13.0. The number of piperazine rings is 1. The summed E-state index contributed by atoms with van der Waals surface area (Å²) in [5, 5.41) is 9.97. The quantitative estimate of drug-likeness (QED) is 0.134. The number of nitrogens with two attached hydrogens (primary N) is 1. The topological polar surface area (TPSA) is 111 Å². The zero-order valence-corrected chi connectivity index (χ0v) is 28.5. The van der Waals surface area contributed by atoms with Crippen molar-refractivity contribution in [3.05, 3.63) is 78.4 Å². The third-order valence-electron chi connectivity index (χ3n) is 8.36. The van der Waals surface area contributed by atoms with Gasteiger partial charge in [0.1, 0.15) is 17.3 Å². The standard InChI is InChI=1S/C32H30Cl4FN7O2/c1-6-20(45)42-9-11-43(12-10-42)30-17-13-19(33)27(21-22(34)24(36)25(37)26(39)23(21)35)40-31(17)44(32(46)18(30)14-38)29-16(4)7-8-41(5)28(29)15(2)3/h6-8,13,15,28H,1,9-12,39H2,2-5H3. The van der Waals surface area contributed by atoms with Crippen LogP contribution in [0.5, 0.6) is 0 Å². The van der Waals surface area contributed by atoms with E-state index in [1.165, 1.54) is 10.6 Å². The van der Waals surface area contributed by atoms with Crippen LogP contribution in [0.25, 0.3) is 28.0 Å². The summed E-state index contributed by atoms with van der Waals surface area (Å²) >= 11 is 26.1. The molecular formula is C32H30Cl4FN7O2. The number of anilines is 2. The number of hydrogen-bond donors (Lipinski definition) is 1. The van der Waals surface area contributed by atoms with Crippen molar-refractivity contribution in [3.8, 4) is 17.3 Å². The van der Waals surface area contributed by atoms with Crippen molar-refractivity contribution >= 4 is 80.4 Å². The Morgan fingerprint density at radius 1 is 1.17 bits per heavy atom. The summed E-state index contributed by atoms with van der Waals surface area (Å²) in [7, 11) is 1.91. The molecule has 0 bridgehead atoms. The highest BCUT2D eigenvalue weighted by molar-refractivity contribution is 6.48. The fourth-order valence-corrected chi connectivity index (χ4v) is 7.19. The summed E-state index contributed by atoms with van der Waals surface area (Å²) in [5.41, 5.74) is 6.72. The van der Waals surface area contributed by atoms with Crippen molar-refractivity contribution in [1.82, 2.24) is 19.4 Å². The number of allylic oxidation sites excluding steroid dienone is 2. The van der Waals surface area contributed by atoms with E-state index in [-0.39, 0.29) is 55.4 Å². The maximum absolute atomic E-state index is 14.7. The van der Waals surface area contributed by atoms with Gasteiger partial charge in [-0.2, -0.15) is 5.26 Å². The molecule has 1 saturated heterocycles. The minimum Gasteiger partial charge on any atom is -0.395 e. The normalized spacial score (nSPS) is 16.9.